The lowest BCUT2D eigenvalue weighted by molar-refractivity contribution is -0.182. The van der Waals surface area contributed by atoms with Crippen LogP contribution in [0.1, 0.15) is 49.4 Å². The van der Waals surface area contributed by atoms with Gasteiger partial charge in [0.1, 0.15) is 5.01 Å². The Hall–Kier alpha value is -1.31. The molecule has 0 bridgehead atoms. The van der Waals surface area contributed by atoms with Crippen LogP contribution in [0.2, 0.25) is 0 Å². The highest BCUT2D eigenvalue weighted by atomic mass is 32.1. The Morgan fingerprint density at radius 2 is 2.00 bits per heavy atom. The molecule has 1 heterocycles. The summed E-state index contributed by atoms with van der Waals surface area (Å²) in [6.45, 7) is 5.25. The van der Waals surface area contributed by atoms with Gasteiger partial charge in [-0.1, -0.05) is 6.92 Å². The zero-order valence-electron chi connectivity index (χ0n) is 14.1. The normalized spacial score (nSPS) is 22.5. The van der Waals surface area contributed by atoms with Crippen molar-refractivity contribution in [3.8, 4) is 0 Å². The van der Waals surface area contributed by atoms with Crippen molar-refractivity contribution in [2.45, 2.75) is 64.7 Å². The quantitative estimate of drug-likeness (QED) is 0.617. The number of halogens is 3. The summed E-state index contributed by atoms with van der Waals surface area (Å²) in [6.07, 6.45) is 0.180. The first kappa shape index (κ1) is 19.0. The molecular formula is C16H25F3N4S. The number of aromatic nitrogens is 1. The lowest BCUT2D eigenvalue weighted by atomic mass is 9.85. The second kappa shape index (κ2) is 8.69. The number of alkyl halides is 3. The molecule has 0 spiro atoms. The second-order valence-electron chi connectivity index (χ2n) is 6.00. The fourth-order valence-electron chi connectivity index (χ4n) is 2.81. The molecule has 1 aromatic heterocycles. The van der Waals surface area contributed by atoms with Crippen molar-refractivity contribution in [1.82, 2.24) is 15.6 Å². The highest BCUT2D eigenvalue weighted by Crippen LogP contribution is 2.37. The fraction of sp³-hybridized carbons (Fsp3) is 0.750. The van der Waals surface area contributed by atoms with E-state index < -0.39 is 12.1 Å². The highest BCUT2D eigenvalue weighted by Gasteiger charge is 2.41. The highest BCUT2D eigenvalue weighted by molar-refractivity contribution is 7.11. The van der Waals surface area contributed by atoms with Crippen LogP contribution in [-0.4, -0.2) is 29.7 Å². The number of nitrogens with zero attached hydrogens (tertiary/aromatic N) is 2. The number of guanidine groups is 1. The van der Waals surface area contributed by atoms with E-state index in [9.17, 15) is 13.2 Å². The van der Waals surface area contributed by atoms with Crippen LogP contribution in [-0.2, 0) is 13.0 Å². The summed E-state index contributed by atoms with van der Waals surface area (Å²) in [6, 6.07) is 0.0453. The molecule has 0 unspecified atom stereocenters. The standard InChI is InChI=1S/C16H25F3N4S/c1-3-13-9-21-14(24-13)10-22-15(20-4-2)23-12-7-5-11(6-8-12)16(17,18)19/h9,11-12H,3-8,10H2,1-2H3,(H2,20,22,23). The number of nitrogens with one attached hydrogen (secondary N) is 2. The average molecular weight is 362 g/mol. The van der Waals surface area contributed by atoms with E-state index in [-0.39, 0.29) is 18.9 Å². The summed E-state index contributed by atoms with van der Waals surface area (Å²) < 4.78 is 38.2. The minimum atomic E-state index is -4.06. The van der Waals surface area contributed by atoms with Crippen molar-refractivity contribution in [2.24, 2.45) is 10.9 Å². The molecule has 4 nitrogen and oxygen atoms in total. The van der Waals surface area contributed by atoms with E-state index in [1.807, 2.05) is 13.1 Å². The van der Waals surface area contributed by atoms with Crippen molar-refractivity contribution < 1.29 is 13.2 Å². The summed E-state index contributed by atoms with van der Waals surface area (Å²) in [5, 5.41) is 7.37. The van der Waals surface area contributed by atoms with Crippen LogP contribution in [0.4, 0.5) is 13.2 Å². The molecule has 0 amide bonds. The van der Waals surface area contributed by atoms with Gasteiger partial charge in [-0.3, -0.25) is 0 Å². The largest absolute Gasteiger partial charge is 0.391 e. The van der Waals surface area contributed by atoms with Crippen LogP contribution in [0.15, 0.2) is 11.2 Å². The summed E-state index contributed by atoms with van der Waals surface area (Å²) in [5.41, 5.74) is 0. The number of aliphatic imine (C=N–C) groups is 1. The molecule has 0 saturated heterocycles. The maximum atomic E-state index is 12.7. The van der Waals surface area contributed by atoms with Crippen molar-refractivity contribution in [1.29, 1.82) is 0 Å². The number of hydrogen-bond acceptors (Lipinski definition) is 3. The van der Waals surface area contributed by atoms with Crippen LogP contribution >= 0.6 is 11.3 Å². The molecule has 1 saturated carbocycles. The Morgan fingerprint density at radius 1 is 1.29 bits per heavy atom. The van der Waals surface area contributed by atoms with Gasteiger partial charge in [-0.05, 0) is 39.0 Å². The first-order valence-corrected chi connectivity index (χ1v) is 9.29. The molecule has 2 N–H and O–H groups in total. The Labute approximate surface area is 145 Å². The summed E-state index contributed by atoms with van der Waals surface area (Å²) in [4.78, 5) is 10.1. The van der Waals surface area contributed by atoms with Crippen LogP contribution < -0.4 is 10.6 Å². The molecule has 136 valence electrons. The number of aryl methyl sites for hydroxylation is 1. The predicted molar refractivity (Wildman–Crippen MR) is 91.2 cm³/mol. The van der Waals surface area contributed by atoms with Gasteiger partial charge in [0.25, 0.3) is 0 Å². The maximum Gasteiger partial charge on any atom is 0.391 e. The zero-order valence-corrected chi connectivity index (χ0v) is 14.9. The molecule has 0 aliphatic heterocycles. The third-order valence-corrected chi connectivity index (χ3v) is 5.32. The topological polar surface area (TPSA) is 49.3 Å². The molecule has 2 rings (SSSR count). The summed E-state index contributed by atoms with van der Waals surface area (Å²) in [5.74, 6) is -0.501. The second-order valence-corrected chi connectivity index (χ2v) is 7.20. The lowest BCUT2D eigenvalue weighted by Crippen LogP contribution is -2.45. The predicted octanol–water partition coefficient (Wildman–Crippen LogP) is 3.88. The summed E-state index contributed by atoms with van der Waals surface area (Å²) in [7, 11) is 0. The van der Waals surface area contributed by atoms with Gasteiger partial charge in [0.05, 0.1) is 12.5 Å². The van der Waals surface area contributed by atoms with Crippen molar-refractivity contribution in [3.05, 3.63) is 16.1 Å². The molecule has 0 atom stereocenters. The SMILES string of the molecule is CCNC(=NCc1ncc(CC)s1)NC1CCC(C(F)(F)F)CC1. The van der Waals surface area contributed by atoms with E-state index in [4.69, 9.17) is 0 Å². The Morgan fingerprint density at radius 3 is 2.54 bits per heavy atom. The summed E-state index contributed by atoms with van der Waals surface area (Å²) >= 11 is 1.64. The molecule has 1 aromatic rings. The monoisotopic (exact) mass is 362 g/mol. The Balaban J connectivity index is 1.88. The number of rotatable bonds is 5. The molecular weight excluding hydrogens is 337 g/mol. The minimum absolute atomic E-state index is 0.0453. The van der Waals surface area contributed by atoms with E-state index in [1.165, 1.54) is 4.88 Å². The van der Waals surface area contributed by atoms with E-state index in [0.29, 0.717) is 31.9 Å². The van der Waals surface area contributed by atoms with Gasteiger partial charge in [0.15, 0.2) is 5.96 Å². The molecule has 1 aliphatic rings. The Kier molecular flexibility index (Phi) is 6.89. The molecule has 0 radical (unpaired) electrons. The van der Waals surface area contributed by atoms with Crippen LogP contribution in [0.25, 0.3) is 0 Å². The van der Waals surface area contributed by atoms with Gasteiger partial charge < -0.3 is 10.6 Å². The average Bonchev–Trinajstić information content (AvgIpc) is 3.00. The van der Waals surface area contributed by atoms with Gasteiger partial charge in [-0.2, -0.15) is 13.2 Å². The van der Waals surface area contributed by atoms with Crippen LogP contribution in [0.5, 0.6) is 0 Å². The molecule has 24 heavy (non-hydrogen) atoms. The third-order valence-electron chi connectivity index (χ3n) is 4.20. The van der Waals surface area contributed by atoms with Gasteiger partial charge in [0, 0.05) is 23.7 Å². The van der Waals surface area contributed by atoms with Gasteiger partial charge in [-0.25, -0.2) is 9.98 Å². The van der Waals surface area contributed by atoms with E-state index >= 15 is 0 Å². The lowest BCUT2D eigenvalue weighted by Gasteiger charge is -2.31. The zero-order chi connectivity index (χ0) is 17.6. The van der Waals surface area contributed by atoms with Crippen LogP contribution in [0, 0.1) is 5.92 Å². The van der Waals surface area contributed by atoms with Gasteiger partial charge >= 0.3 is 6.18 Å². The minimum Gasteiger partial charge on any atom is -0.357 e. The van der Waals surface area contributed by atoms with E-state index in [1.54, 1.807) is 11.3 Å². The van der Waals surface area contributed by atoms with Crippen molar-refractivity contribution >= 4 is 17.3 Å². The molecule has 0 aromatic carbocycles. The van der Waals surface area contributed by atoms with Crippen molar-refractivity contribution in [2.75, 3.05) is 6.54 Å². The van der Waals surface area contributed by atoms with Gasteiger partial charge in [0.2, 0.25) is 0 Å². The number of hydrogen-bond donors (Lipinski definition) is 2. The molecule has 8 heteroatoms. The molecule has 1 fully saturated rings. The van der Waals surface area contributed by atoms with E-state index in [2.05, 4.69) is 27.5 Å². The Bertz CT molecular complexity index is 534. The smallest absolute Gasteiger partial charge is 0.357 e. The van der Waals surface area contributed by atoms with Gasteiger partial charge in [-0.15, -0.1) is 11.3 Å². The fourth-order valence-corrected chi connectivity index (χ4v) is 3.60. The number of thiazole rings is 1. The third kappa shape index (κ3) is 5.65. The first-order chi connectivity index (χ1) is 11.4. The maximum absolute atomic E-state index is 12.7. The molecule has 1 aliphatic carbocycles. The van der Waals surface area contributed by atoms with Crippen molar-refractivity contribution in [3.63, 3.8) is 0 Å². The van der Waals surface area contributed by atoms with Crippen LogP contribution in [0.3, 0.4) is 0 Å². The van der Waals surface area contributed by atoms with E-state index in [0.717, 1.165) is 11.4 Å². The first-order valence-electron chi connectivity index (χ1n) is 8.47.